The summed E-state index contributed by atoms with van der Waals surface area (Å²) in [4.78, 5) is 0. The van der Waals surface area contributed by atoms with Crippen LogP contribution in [0.3, 0.4) is 0 Å². The molecule has 0 bridgehead atoms. The molecule has 0 heterocycles. The van der Waals surface area contributed by atoms with E-state index in [2.05, 4.69) is 13.8 Å². The van der Waals surface area contributed by atoms with Crippen molar-refractivity contribution in [3.63, 3.8) is 0 Å². The Morgan fingerprint density at radius 2 is 2.11 bits per heavy atom. The summed E-state index contributed by atoms with van der Waals surface area (Å²) >= 11 is 0. The Bertz CT molecular complexity index is 80.6. The van der Waals surface area contributed by atoms with Crippen LogP contribution in [0.1, 0.15) is 33.1 Å². The third-order valence-electron chi connectivity index (χ3n) is 2.62. The second kappa shape index (κ2) is 2.77. The predicted octanol–water partition coefficient (Wildman–Crippen LogP) is 2.40. The number of rotatable bonds is 1. The fourth-order valence-electron chi connectivity index (χ4n) is 1.75. The first-order valence-corrected chi connectivity index (χ1v) is 3.99. The van der Waals surface area contributed by atoms with Gasteiger partial charge in [-0.05, 0) is 18.3 Å². The van der Waals surface area contributed by atoms with Crippen LogP contribution in [0.5, 0.6) is 0 Å². The summed E-state index contributed by atoms with van der Waals surface area (Å²) in [6, 6.07) is 0. The van der Waals surface area contributed by atoms with Crippen LogP contribution in [-0.2, 0) is 0 Å². The zero-order valence-corrected chi connectivity index (χ0v) is 6.43. The summed E-state index contributed by atoms with van der Waals surface area (Å²) in [6.07, 6.45) is 3.94. The molecule has 50 valence electrons. The smallest absolute Gasteiger partial charge is 0.0703 e. The largest absolute Gasteiger partial charge is 0.0746 e. The van der Waals surface area contributed by atoms with Crippen LogP contribution < -0.4 is 0 Å². The van der Waals surface area contributed by atoms with Gasteiger partial charge in [-0.1, -0.05) is 32.5 Å². The zero-order valence-electron chi connectivity index (χ0n) is 6.43. The molecule has 1 heteroatoms. The average molecular weight is 122 g/mol. The number of hydrogen-bond acceptors (Lipinski definition) is 0. The van der Waals surface area contributed by atoms with Crippen molar-refractivity contribution in [2.24, 2.45) is 11.8 Å². The van der Waals surface area contributed by atoms with Crippen LogP contribution in [0.15, 0.2) is 0 Å². The van der Waals surface area contributed by atoms with Crippen molar-refractivity contribution in [2.45, 2.75) is 38.9 Å². The minimum Gasteiger partial charge on any atom is -0.0746 e. The fourth-order valence-corrected chi connectivity index (χ4v) is 1.75. The highest BCUT2D eigenvalue weighted by molar-refractivity contribution is 6.11. The van der Waals surface area contributed by atoms with Crippen molar-refractivity contribution in [3.8, 4) is 0 Å². The standard InChI is InChI=1S/C8H15B/c1-3-7-4-6(2)8(9)5-7/h6-8H,3-5H2,1-2H3/t6?,7-,8-/m1/s1. The van der Waals surface area contributed by atoms with Gasteiger partial charge in [-0.2, -0.15) is 0 Å². The van der Waals surface area contributed by atoms with E-state index in [0.29, 0.717) is 5.82 Å². The molecule has 0 aromatic rings. The lowest BCUT2D eigenvalue weighted by atomic mass is 9.80. The van der Waals surface area contributed by atoms with Crippen LogP contribution in [0, 0.1) is 11.8 Å². The van der Waals surface area contributed by atoms with Crippen LogP contribution in [0.4, 0.5) is 0 Å². The van der Waals surface area contributed by atoms with Crippen molar-refractivity contribution in [1.82, 2.24) is 0 Å². The van der Waals surface area contributed by atoms with Gasteiger partial charge < -0.3 is 0 Å². The lowest BCUT2D eigenvalue weighted by molar-refractivity contribution is 0.501. The molecule has 2 radical (unpaired) electrons. The summed E-state index contributed by atoms with van der Waals surface area (Å²) < 4.78 is 0. The Kier molecular flexibility index (Phi) is 2.20. The lowest BCUT2D eigenvalue weighted by Crippen LogP contribution is -1.94. The van der Waals surface area contributed by atoms with E-state index < -0.39 is 0 Å². The molecule has 3 atom stereocenters. The summed E-state index contributed by atoms with van der Waals surface area (Å²) in [5, 5.41) is 0. The molecule has 1 fully saturated rings. The molecule has 0 aliphatic heterocycles. The Hall–Kier alpha value is 0.0649. The van der Waals surface area contributed by atoms with Gasteiger partial charge in [-0.15, -0.1) is 0 Å². The molecule has 0 N–H and O–H groups in total. The Labute approximate surface area is 59.4 Å². The zero-order chi connectivity index (χ0) is 6.85. The molecule has 1 saturated carbocycles. The van der Waals surface area contributed by atoms with Crippen molar-refractivity contribution in [3.05, 3.63) is 0 Å². The first-order chi connectivity index (χ1) is 4.24. The second-order valence-electron chi connectivity index (χ2n) is 3.39. The van der Waals surface area contributed by atoms with E-state index >= 15 is 0 Å². The molecule has 0 aromatic carbocycles. The van der Waals surface area contributed by atoms with Crippen LogP contribution >= 0.6 is 0 Å². The molecule has 0 nitrogen and oxygen atoms in total. The summed E-state index contributed by atoms with van der Waals surface area (Å²) in [5.74, 6) is 2.19. The van der Waals surface area contributed by atoms with Gasteiger partial charge in [0.1, 0.15) is 0 Å². The predicted molar refractivity (Wildman–Crippen MR) is 41.7 cm³/mol. The highest BCUT2D eigenvalue weighted by Crippen LogP contribution is 2.39. The molecular formula is C8H15B. The topological polar surface area (TPSA) is 0 Å². The van der Waals surface area contributed by atoms with Gasteiger partial charge in [0, 0.05) is 0 Å². The summed E-state index contributed by atoms with van der Waals surface area (Å²) in [5.41, 5.74) is 0. The van der Waals surface area contributed by atoms with Crippen molar-refractivity contribution >= 4 is 7.85 Å². The van der Waals surface area contributed by atoms with E-state index in [9.17, 15) is 0 Å². The molecule has 1 aliphatic rings. The lowest BCUT2D eigenvalue weighted by Gasteiger charge is -2.05. The SMILES string of the molecule is [B][C@@H]1C[C@H](CC)CC1C. The Morgan fingerprint density at radius 1 is 1.44 bits per heavy atom. The van der Waals surface area contributed by atoms with Gasteiger partial charge in [-0.3, -0.25) is 0 Å². The molecule has 1 unspecified atom stereocenters. The first-order valence-electron chi connectivity index (χ1n) is 3.99. The van der Waals surface area contributed by atoms with Gasteiger partial charge in [0.2, 0.25) is 0 Å². The molecule has 0 amide bonds. The monoisotopic (exact) mass is 122 g/mol. The van der Waals surface area contributed by atoms with E-state index in [-0.39, 0.29) is 0 Å². The van der Waals surface area contributed by atoms with E-state index in [4.69, 9.17) is 7.85 Å². The molecule has 0 aromatic heterocycles. The van der Waals surface area contributed by atoms with Crippen LogP contribution in [0.25, 0.3) is 0 Å². The Morgan fingerprint density at radius 3 is 2.33 bits per heavy atom. The summed E-state index contributed by atoms with van der Waals surface area (Å²) in [7, 11) is 5.84. The van der Waals surface area contributed by atoms with Gasteiger partial charge in [0.25, 0.3) is 0 Å². The third-order valence-corrected chi connectivity index (χ3v) is 2.62. The first kappa shape index (κ1) is 7.18. The quantitative estimate of drug-likeness (QED) is 0.468. The van der Waals surface area contributed by atoms with E-state index in [0.717, 1.165) is 11.8 Å². The van der Waals surface area contributed by atoms with E-state index in [1.165, 1.54) is 19.3 Å². The van der Waals surface area contributed by atoms with E-state index in [1.54, 1.807) is 0 Å². The maximum atomic E-state index is 5.84. The highest BCUT2D eigenvalue weighted by Gasteiger charge is 2.25. The highest BCUT2D eigenvalue weighted by atomic mass is 14.3. The molecule has 1 aliphatic carbocycles. The molecule has 0 spiro atoms. The van der Waals surface area contributed by atoms with Crippen LogP contribution in [0.2, 0.25) is 5.82 Å². The maximum absolute atomic E-state index is 5.84. The molecule has 0 saturated heterocycles. The second-order valence-corrected chi connectivity index (χ2v) is 3.39. The van der Waals surface area contributed by atoms with Crippen molar-refractivity contribution in [2.75, 3.05) is 0 Å². The van der Waals surface area contributed by atoms with Crippen molar-refractivity contribution in [1.29, 1.82) is 0 Å². The third kappa shape index (κ3) is 1.50. The minimum atomic E-state index is 0.495. The van der Waals surface area contributed by atoms with Gasteiger partial charge in [-0.25, -0.2) is 0 Å². The molecule has 1 rings (SSSR count). The normalized spacial score (nSPS) is 43.6. The van der Waals surface area contributed by atoms with Crippen LogP contribution in [-0.4, -0.2) is 7.85 Å². The molecule has 9 heavy (non-hydrogen) atoms. The van der Waals surface area contributed by atoms with Crippen molar-refractivity contribution < 1.29 is 0 Å². The van der Waals surface area contributed by atoms with Gasteiger partial charge >= 0.3 is 0 Å². The minimum absolute atomic E-state index is 0.495. The fraction of sp³-hybridized carbons (Fsp3) is 1.00. The maximum Gasteiger partial charge on any atom is 0.0703 e. The average Bonchev–Trinajstić information content (AvgIpc) is 2.13. The van der Waals surface area contributed by atoms with Gasteiger partial charge in [0.05, 0.1) is 7.85 Å². The summed E-state index contributed by atoms with van der Waals surface area (Å²) in [6.45, 7) is 4.52. The molecular weight excluding hydrogens is 107 g/mol. The van der Waals surface area contributed by atoms with Gasteiger partial charge in [0.15, 0.2) is 0 Å². The Balaban J connectivity index is 2.35. The number of hydrogen-bond donors (Lipinski definition) is 0. The van der Waals surface area contributed by atoms with E-state index in [1.807, 2.05) is 0 Å².